The van der Waals surface area contributed by atoms with Crippen molar-refractivity contribution in [3.05, 3.63) is 84.4 Å². The molecule has 0 atom stereocenters. The van der Waals surface area contributed by atoms with Crippen LogP contribution in [0.3, 0.4) is 0 Å². The Kier molecular flexibility index (Phi) is 3.94. The number of hydrogen-bond acceptors (Lipinski definition) is 1. The normalized spacial score (nSPS) is 11.6. The average molecular weight is 250 g/mol. The number of carbonyl (C=O) groups is 1. The second-order valence-corrected chi connectivity index (χ2v) is 4.03. The molecule has 94 valence electrons. The minimum Gasteiger partial charge on any atom is -0.478 e. The van der Waals surface area contributed by atoms with E-state index in [9.17, 15) is 9.90 Å². The number of hydrogen-bond donors (Lipinski definition) is 1. The quantitative estimate of drug-likeness (QED) is 0.508. The lowest BCUT2D eigenvalue weighted by Gasteiger charge is -2.09. The first-order chi connectivity index (χ1) is 9.24. The van der Waals surface area contributed by atoms with Crippen LogP contribution in [0.25, 0.3) is 11.1 Å². The summed E-state index contributed by atoms with van der Waals surface area (Å²) in [6.07, 6.45) is 1.59. The summed E-state index contributed by atoms with van der Waals surface area (Å²) < 4.78 is 0. The fourth-order valence-electron chi connectivity index (χ4n) is 1.98. The molecule has 2 aromatic carbocycles. The Morgan fingerprint density at radius 1 is 0.895 bits per heavy atom. The maximum atomic E-state index is 11.6. The molecule has 19 heavy (non-hydrogen) atoms. The predicted octanol–water partition coefficient (Wildman–Crippen LogP) is 3.87. The van der Waals surface area contributed by atoms with Gasteiger partial charge < -0.3 is 5.11 Å². The van der Waals surface area contributed by atoms with Gasteiger partial charge in [-0.1, -0.05) is 73.3 Å². The molecule has 0 unspecified atom stereocenters. The van der Waals surface area contributed by atoms with Crippen LogP contribution in [0.2, 0.25) is 0 Å². The van der Waals surface area contributed by atoms with E-state index in [1.54, 1.807) is 18.2 Å². The summed E-state index contributed by atoms with van der Waals surface area (Å²) >= 11 is 0. The zero-order valence-electron chi connectivity index (χ0n) is 10.4. The number of carboxylic acid groups (broad SMARTS) is 1. The number of allylic oxidation sites excluding steroid dienone is 2. The molecule has 0 aliphatic rings. The molecule has 0 heterocycles. The third-order valence-electron chi connectivity index (χ3n) is 2.83. The van der Waals surface area contributed by atoms with Gasteiger partial charge in [0.15, 0.2) is 0 Å². The predicted molar refractivity (Wildman–Crippen MR) is 77.5 cm³/mol. The highest BCUT2D eigenvalue weighted by Gasteiger charge is 2.15. The molecule has 0 aliphatic heterocycles. The highest BCUT2D eigenvalue weighted by Crippen LogP contribution is 2.27. The van der Waals surface area contributed by atoms with E-state index in [4.69, 9.17) is 0 Å². The number of benzene rings is 2. The molecule has 0 amide bonds. The summed E-state index contributed by atoms with van der Waals surface area (Å²) in [4.78, 5) is 11.6. The van der Waals surface area contributed by atoms with Gasteiger partial charge in [-0.25, -0.2) is 4.79 Å². The molecule has 0 spiro atoms. The highest BCUT2D eigenvalue weighted by molar-refractivity contribution is 6.25. The Balaban J connectivity index is 2.67. The van der Waals surface area contributed by atoms with Gasteiger partial charge in [0.25, 0.3) is 0 Å². The van der Waals surface area contributed by atoms with E-state index in [0.717, 1.165) is 5.56 Å². The van der Waals surface area contributed by atoms with Crippen LogP contribution in [0.15, 0.2) is 73.3 Å². The van der Waals surface area contributed by atoms with Gasteiger partial charge in [0, 0.05) is 0 Å². The third-order valence-corrected chi connectivity index (χ3v) is 2.83. The molecule has 2 nitrogen and oxygen atoms in total. The van der Waals surface area contributed by atoms with E-state index in [1.165, 1.54) is 0 Å². The molecule has 0 bridgehead atoms. The number of aliphatic carboxylic acids is 1. The van der Waals surface area contributed by atoms with E-state index >= 15 is 0 Å². The van der Waals surface area contributed by atoms with Crippen LogP contribution in [0.4, 0.5) is 0 Å². The van der Waals surface area contributed by atoms with E-state index < -0.39 is 5.97 Å². The number of rotatable bonds is 4. The van der Waals surface area contributed by atoms with Crippen LogP contribution in [-0.2, 0) is 4.79 Å². The topological polar surface area (TPSA) is 37.3 Å². The smallest absolute Gasteiger partial charge is 0.336 e. The van der Waals surface area contributed by atoms with Crippen molar-refractivity contribution in [2.45, 2.75) is 0 Å². The van der Waals surface area contributed by atoms with Crippen LogP contribution >= 0.6 is 0 Å². The van der Waals surface area contributed by atoms with Crippen LogP contribution < -0.4 is 0 Å². The van der Waals surface area contributed by atoms with Gasteiger partial charge in [-0.05, 0) is 16.7 Å². The van der Waals surface area contributed by atoms with Crippen molar-refractivity contribution in [3.63, 3.8) is 0 Å². The fraction of sp³-hybridized carbons (Fsp3) is 0. The van der Waals surface area contributed by atoms with Crippen molar-refractivity contribution in [2.75, 3.05) is 0 Å². The van der Waals surface area contributed by atoms with Crippen LogP contribution in [-0.4, -0.2) is 11.1 Å². The molecule has 0 radical (unpaired) electrons. The molecule has 2 heteroatoms. The van der Waals surface area contributed by atoms with Gasteiger partial charge in [-0.3, -0.25) is 0 Å². The van der Waals surface area contributed by atoms with E-state index in [2.05, 4.69) is 6.58 Å². The number of carboxylic acids is 1. The lowest BCUT2D eigenvalue weighted by Crippen LogP contribution is -2.02. The summed E-state index contributed by atoms with van der Waals surface area (Å²) in [5, 5.41) is 9.48. The summed E-state index contributed by atoms with van der Waals surface area (Å²) in [5.74, 6) is -0.954. The lowest BCUT2D eigenvalue weighted by molar-refractivity contribution is -0.130. The molecule has 2 aromatic rings. The van der Waals surface area contributed by atoms with Crippen molar-refractivity contribution in [3.8, 4) is 0 Å². The largest absolute Gasteiger partial charge is 0.478 e. The lowest BCUT2D eigenvalue weighted by atomic mass is 9.95. The second-order valence-electron chi connectivity index (χ2n) is 4.03. The Bertz CT molecular complexity index is 610. The third kappa shape index (κ3) is 2.80. The molecule has 0 aromatic heterocycles. The van der Waals surface area contributed by atoms with Gasteiger partial charge in [0.1, 0.15) is 0 Å². The van der Waals surface area contributed by atoms with Crippen molar-refractivity contribution in [1.29, 1.82) is 0 Å². The standard InChI is InChI=1S/C17H14O2/c1-2-15(13-9-5-3-6-10-13)16(17(18)19)14-11-7-4-8-12-14/h2-12H,1H2,(H,18,19)/b16-15-. The molecule has 0 aliphatic carbocycles. The second kappa shape index (κ2) is 5.83. The van der Waals surface area contributed by atoms with E-state index in [-0.39, 0.29) is 5.57 Å². The van der Waals surface area contributed by atoms with Crippen LogP contribution in [0, 0.1) is 0 Å². The van der Waals surface area contributed by atoms with Crippen molar-refractivity contribution >= 4 is 17.1 Å². The molecular formula is C17H14O2. The Morgan fingerprint density at radius 2 is 1.37 bits per heavy atom. The molecule has 2 rings (SSSR count). The zero-order chi connectivity index (χ0) is 13.7. The van der Waals surface area contributed by atoms with Crippen LogP contribution in [0.5, 0.6) is 0 Å². The zero-order valence-corrected chi connectivity index (χ0v) is 10.4. The van der Waals surface area contributed by atoms with Crippen molar-refractivity contribution in [2.24, 2.45) is 0 Å². The fourth-order valence-corrected chi connectivity index (χ4v) is 1.98. The van der Waals surface area contributed by atoms with Crippen molar-refractivity contribution < 1.29 is 9.90 Å². The monoisotopic (exact) mass is 250 g/mol. The Hall–Kier alpha value is -2.61. The first-order valence-electron chi connectivity index (χ1n) is 5.95. The minimum atomic E-state index is -0.954. The first kappa shape index (κ1) is 12.8. The maximum absolute atomic E-state index is 11.6. The average Bonchev–Trinajstić information content (AvgIpc) is 2.46. The minimum absolute atomic E-state index is 0.266. The maximum Gasteiger partial charge on any atom is 0.336 e. The molecule has 0 fully saturated rings. The van der Waals surface area contributed by atoms with Gasteiger partial charge in [-0.2, -0.15) is 0 Å². The van der Waals surface area contributed by atoms with Crippen LogP contribution in [0.1, 0.15) is 11.1 Å². The first-order valence-corrected chi connectivity index (χ1v) is 5.95. The van der Waals surface area contributed by atoms with Gasteiger partial charge in [0.2, 0.25) is 0 Å². The van der Waals surface area contributed by atoms with E-state index in [1.807, 2.05) is 48.5 Å². The highest BCUT2D eigenvalue weighted by atomic mass is 16.4. The molecule has 0 saturated carbocycles. The van der Waals surface area contributed by atoms with E-state index in [0.29, 0.717) is 11.1 Å². The van der Waals surface area contributed by atoms with Gasteiger partial charge in [-0.15, -0.1) is 0 Å². The Morgan fingerprint density at radius 3 is 1.79 bits per heavy atom. The summed E-state index contributed by atoms with van der Waals surface area (Å²) in [6.45, 7) is 3.74. The molecular weight excluding hydrogens is 236 g/mol. The summed E-state index contributed by atoms with van der Waals surface area (Å²) in [6, 6.07) is 18.5. The Labute approximate surface area is 112 Å². The summed E-state index contributed by atoms with van der Waals surface area (Å²) in [7, 11) is 0. The van der Waals surface area contributed by atoms with Gasteiger partial charge >= 0.3 is 5.97 Å². The van der Waals surface area contributed by atoms with Crippen molar-refractivity contribution in [1.82, 2.24) is 0 Å². The SMILES string of the molecule is C=C/C(=C(/C(=O)O)c1ccccc1)c1ccccc1. The molecule has 1 N–H and O–H groups in total. The summed E-state index contributed by atoms with van der Waals surface area (Å²) in [5.41, 5.74) is 2.41. The van der Waals surface area contributed by atoms with Gasteiger partial charge in [0.05, 0.1) is 5.57 Å². The molecule has 0 saturated heterocycles.